The Morgan fingerprint density at radius 3 is 2.74 bits per heavy atom. The number of aromatic amines is 1. The van der Waals surface area contributed by atoms with Gasteiger partial charge in [-0.3, -0.25) is 14.3 Å². The fourth-order valence-electron chi connectivity index (χ4n) is 3.52. The third-order valence-corrected chi connectivity index (χ3v) is 7.32. The molecule has 0 aliphatic carbocycles. The Morgan fingerprint density at radius 2 is 2.03 bits per heavy atom. The summed E-state index contributed by atoms with van der Waals surface area (Å²) in [6.45, 7) is 2.03. The predicted molar refractivity (Wildman–Crippen MR) is 131 cm³/mol. The fourth-order valence-corrected chi connectivity index (χ4v) is 5.29. The summed E-state index contributed by atoms with van der Waals surface area (Å²) in [7, 11) is 3.92. The highest BCUT2D eigenvalue weighted by atomic mass is 32.2. The van der Waals surface area contributed by atoms with Gasteiger partial charge in [-0.15, -0.1) is 21.5 Å². The number of fused-ring (bicyclic) bond motifs is 1. The Kier molecular flexibility index (Phi) is 6.07. The van der Waals surface area contributed by atoms with E-state index in [-0.39, 0.29) is 17.4 Å². The van der Waals surface area contributed by atoms with Crippen molar-refractivity contribution in [2.24, 2.45) is 0 Å². The Bertz CT molecular complexity index is 1490. The minimum atomic E-state index is -0.312. The zero-order valence-electron chi connectivity index (χ0n) is 18.7. The molecule has 0 saturated carbocycles. The number of thioether (sulfide) groups is 1. The highest BCUT2D eigenvalue weighted by Crippen LogP contribution is 2.32. The van der Waals surface area contributed by atoms with Crippen molar-refractivity contribution in [1.29, 1.82) is 0 Å². The van der Waals surface area contributed by atoms with E-state index in [0.29, 0.717) is 32.7 Å². The first kappa shape index (κ1) is 22.5. The lowest BCUT2D eigenvalue weighted by atomic mass is 10.2. The van der Waals surface area contributed by atoms with Crippen LogP contribution in [0.4, 0.5) is 4.39 Å². The first-order valence-corrected chi connectivity index (χ1v) is 12.3. The molecule has 1 atom stereocenters. The second-order valence-corrected chi connectivity index (χ2v) is 9.70. The summed E-state index contributed by atoms with van der Waals surface area (Å²) in [6, 6.07) is 9.80. The SMILES string of the molecule is CC(c1nnc(SCc2nc3scc(-c4ccco4)c3c(=O)[nH]2)n1-c1ccc(F)cc1)N(C)C. The van der Waals surface area contributed by atoms with E-state index in [0.717, 1.165) is 17.1 Å². The number of halogens is 1. The summed E-state index contributed by atoms with van der Waals surface area (Å²) in [4.78, 5) is 23.1. The van der Waals surface area contributed by atoms with Crippen LogP contribution in [0.3, 0.4) is 0 Å². The maximum absolute atomic E-state index is 13.5. The molecule has 1 N–H and O–H groups in total. The quantitative estimate of drug-likeness (QED) is 0.321. The molecule has 34 heavy (non-hydrogen) atoms. The van der Waals surface area contributed by atoms with Crippen LogP contribution in [0, 0.1) is 5.82 Å². The monoisotopic (exact) mass is 496 g/mol. The lowest BCUT2D eigenvalue weighted by Gasteiger charge is -2.20. The van der Waals surface area contributed by atoms with Crippen LogP contribution >= 0.6 is 23.1 Å². The molecule has 5 rings (SSSR count). The second-order valence-electron chi connectivity index (χ2n) is 7.90. The number of thiophene rings is 1. The van der Waals surface area contributed by atoms with Gasteiger partial charge in [0.05, 0.1) is 23.4 Å². The number of furan rings is 1. The van der Waals surface area contributed by atoms with E-state index in [1.165, 1.54) is 35.2 Å². The maximum atomic E-state index is 13.5. The number of aromatic nitrogens is 5. The number of hydrogen-bond donors (Lipinski definition) is 1. The van der Waals surface area contributed by atoms with Gasteiger partial charge in [0.15, 0.2) is 11.0 Å². The van der Waals surface area contributed by atoms with E-state index >= 15 is 0 Å². The molecule has 174 valence electrons. The summed E-state index contributed by atoms with van der Waals surface area (Å²) in [5, 5.41) is 11.8. The van der Waals surface area contributed by atoms with Crippen molar-refractivity contribution >= 4 is 33.3 Å². The molecule has 0 radical (unpaired) electrons. The minimum Gasteiger partial charge on any atom is -0.464 e. The van der Waals surface area contributed by atoms with E-state index in [1.54, 1.807) is 24.5 Å². The summed E-state index contributed by atoms with van der Waals surface area (Å²) < 4.78 is 20.9. The van der Waals surface area contributed by atoms with E-state index in [1.807, 2.05) is 41.9 Å². The van der Waals surface area contributed by atoms with Crippen LogP contribution in [0.5, 0.6) is 0 Å². The van der Waals surface area contributed by atoms with E-state index in [4.69, 9.17) is 4.42 Å². The van der Waals surface area contributed by atoms with Gasteiger partial charge in [0.1, 0.15) is 22.2 Å². The molecule has 4 aromatic heterocycles. The van der Waals surface area contributed by atoms with Gasteiger partial charge in [0, 0.05) is 16.6 Å². The van der Waals surface area contributed by atoms with Gasteiger partial charge >= 0.3 is 0 Å². The Morgan fingerprint density at radius 1 is 1.24 bits per heavy atom. The van der Waals surface area contributed by atoms with Crippen molar-refractivity contribution in [2.75, 3.05) is 14.1 Å². The van der Waals surface area contributed by atoms with Gasteiger partial charge in [0.2, 0.25) is 0 Å². The van der Waals surface area contributed by atoms with Crippen LogP contribution in [0.25, 0.3) is 27.2 Å². The molecule has 1 unspecified atom stereocenters. The molecule has 0 aliphatic rings. The van der Waals surface area contributed by atoms with Gasteiger partial charge in [0.25, 0.3) is 5.56 Å². The fraction of sp³-hybridized carbons (Fsp3) is 0.217. The van der Waals surface area contributed by atoms with Crippen molar-refractivity contribution < 1.29 is 8.81 Å². The molecule has 0 saturated heterocycles. The van der Waals surface area contributed by atoms with E-state index < -0.39 is 0 Å². The number of rotatable bonds is 7. The van der Waals surface area contributed by atoms with Gasteiger partial charge < -0.3 is 9.40 Å². The lowest BCUT2D eigenvalue weighted by molar-refractivity contribution is 0.305. The number of H-pyrrole nitrogens is 1. The minimum absolute atomic E-state index is 0.0210. The van der Waals surface area contributed by atoms with Gasteiger partial charge in [-0.2, -0.15) is 0 Å². The molecule has 11 heteroatoms. The van der Waals surface area contributed by atoms with Crippen LogP contribution < -0.4 is 5.56 Å². The predicted octanol–water partition coefficient (Wildman–Crippen LogP) is 4.88. The molecule has 0 bridgehead atoms. The van der Waals surface area contributed by atoms with Gasteiger partial charge in [-0.25, -0.2) is 9.37 Å². The third kappa shape index (κ3) is 4.17. The zero-order valence-corrected chi connectivity index (χ0v) is 20.3. The lowest BCUT2D eigenvalue weighted by Crippen LogP contribution is -2.20. The van der Waals surface area contributed by atoms with E-state index in [9.17, 15) is 9.18 Å². The van der Waals surface area contributed by atoms with Crippen LogP contribution in [-0.4, -0.2) is 43.7 Å². The number of nitrogens with one attached hydrogen (secondary N) is 1. The smallest absolute Gasteiger partial charge is 0.260 e. The van der Waals surface area contributed by atoms with Crippen molar-refractivity contribution in [3.63, 3.8) is 0 Å². The average molecular weight is 497 g/mol. The van der Waals surface area contributed by atoms with Crippen LogP contribution in [0.2, 0.25) is 0 Å². The molecule has 1 aromatic carbocycles. The van der Waals surface area contributed by atoms with Gasteiger partial charge in [-0.1, -0.05) is 11.8 Å². The van der Waals surface area contributed by atoms with Crippen LogP contribution in [0.15, 0.2) is 62.4 Å². The first-order valence-electron chi connectivity index (χ1n) is 10.5. The Hall–Kier alpha value is -3.28. The second kappa shape index (κ2) is 9.16. The number of nitrogens with zero attached hydrogens (tertiary/aromatic N) is 5. The van der Waals surface area contributed by atoms with Crippen LogP contribution in [-0.2, 0) is 5.75 Å². The molecule has 4 heterocycles. The van der Waals surface area contributed by atoms with Crippen molar-refractivity contribution in [3.8, 4) is 17.0 Å². The first-order chi connectivity index (χ1) is 16.4. The van der Waals surface area contributed by atoms with Crippen molar-refractivity contribution in [1.82, 2.24) is 29.6 Å². The number of hydrogen-bond acceptors (Lipinski definition) is 8. The molecule has 5 aromatic rings. The molecule has 0 amide bonds. The zero-order chi connectivity index (χ0) is 23.8. The molecule has 0 spiro atoms. The summed E-state index contributed by atoms with van der Waals surface area (Å²) >= 11 is 2.80. The number of benzene rings is 1. The Balaban J connectivity index is 1.47. The summed E-state index contributed by atoms with van der Waals surface area (Å²) in [5.74, 6) is 1.97. The van der Waals surface area contributed by atoms with Crippen molar-refractivity contribution in [3.05, 3.63) is 75.9 Å². The van der Waals surface area contributed by atoms with Crippen molar-refractivity contribution in [2.45, 2.75) is 23.9 Å². The average Bonchev–Trinajstić information content (AvgIpc) is 3.57. The highest BCUT2D eigenvalue weighted by molar-refractivity contribution is 7.98. The third-order valence-electron chi connectivity index (χ3n) is 5.51. The Labute approximate surface area is 202 Å². The molecule has 8 nitrogen and oxygen atoms in total. The van der Waals surface area contributed by atoms with Crippen LogP contribution in [0.1, 0.15) is 24.6 Å². The highest BCUT2D eigenvalue weighted by Gasteiger charge is 2.22. The molecular weight excluding hydrogens is 475 g/mol. The summed E-state index contributed by atoms with van der Waals surface area (Å²) in [6.07, 6.45) is 1.58. The standard InChI is InChI=1S/C23H21FN6O2S2/c1-13(29(2)3)20-27-28-23(30(20)15-8-6-14(24)7-9-15)34-12-18-25-21(31)19-16(11-33-22(19)26-18)17-5-4-10-32-17/h4-11,13H,12H2,1-3H3,(H,25,26,31). The molecule has 0 fully saturated rings. The maximum Gasteiger partial charge on any atom is 0.260 e. The van der Waals surface area contributed by atoms with E-state index in [2.05, 4.69) is 20.2 Å². The molecular formula is C23H21FN6O2S2. The topological polar surface area (TPSA) is 92.8 Å². The normalized spacial score (nSPS) is 12.6. The largest absolute Gasteiger partial charge is 0.464 e. The molecule has 0 aliphatic heterocycles. The van der Waals surface area contributed by atoms with Gasteiger partial charge in [-0.05, 0) is 57.4 Å². The summed E-state index contributed by atoms with van der Waals surface area (Å²) in [5.41, 5.74) is 1.28.